The first-order chi connectivity index (χ1) is 9.13. The van der Waals surface area contributed by atoms with E-state index in [-0.39, 0.29) is 0 Å². The van der Waals surface area contributed by atoms with Gasteiger partial charge < -0.3 is 15.4 Å². The molecule has 0 saturated heterocycles. The van der Waals surface area contributed by atoms with Crippen molar-refractivity contribution in [3.8, 4) is 5.88 Å². The van der Waals surface area contributed by atoms with E-state index in [1.165, 1.54) is 0 Å². The van der Waals surface area contributed by atoms with E-state index in [0.717, 1.165) is 16.9 Å². The van der Waals surface area contributed by atoms with E-state index in [1.807, 2.05) is 43.1 Å². The Balaban J connectivity index is 2.37. The fraction of sp³-hybridized carbons (Fsp3) is 0.286. The Kier molecular flexibility index (Phi) is 3.97. The van der Waals surface area contributed by atoms with Crippen LogP contribution in [0.3, 0.4) is 0 Å². The molecule has 5 heteroatoms. The predicted octanol–water partition coefficient (Wildman–Crippen LogP) is 2.02. The average Bonchev–Trinajstić information content (AvgIpc) is 2.45. The van der Waals surface area contributed by atoms with Gasteiger partial charge in [0.2, 0.25) is 11.8 Å². The van der Waals surface area contributed by atoms with Crippen LogP contribution < -0.4 is 15.4 Å². The van der Waals surface area contributed by atoms with Gasteiger partial charge in [-0.25, -0.2) is 4.98 Å². The Morgan fingerprint density at radius 3 is 2.74 bits per heavy atom. The number of nitrogens with two attached hydrogens (primary N) is 1. The fourth-order valence-corrected chi connectivity index (χ4v) is 1.79. The lowest BCUT2D eigenvalue weighted by Gasteiger charge is -2.18. The third-order valence-electron chi connectivity index (χ3n) is 2.86. The van der Waals surface area contributed by atoms with Crippen molar-refractivity contribution in [1.82, 2.24) is 9.97 Å². The van der Waals surface area contributed by atoms with E-state index >= 15 is 0 Å². The first kappa shape index (κ1) is 13.3. The zero-order valence-corrected chi connectivity index (χ0v) is 11.4. The van der Waals surface area contributed by atoms with Crippen LogP contribution in [0.15, 0.2) is 30.3 Å². The molecule has 1 aromatic heterocycles. The van der Waals surface area contributed by atoms with Crippen LogP contribution in [0.25, 0.3) is 0 Å². The molecule has 1 aromatic carbocycles. The second kappa shape index (κ2) is 5.67. The lowest BCUT2D eigenvalue weighted by molar-refractivity contribution is 0.396. The summed E-state index contributed by atoms with van der Waals surface area (Å²) in [6.45, 7) is 2.43. The molecule has 2 N–H and O–H groups in total. The monoisotopic (exact) mass is 258 g/mol. The number of anilines is 2. The lowest BCUT2D eigenvalue weighted by Crippen LogP contribution is -2.14. The van der Waals surface area contributed by atoms with Crippen molar-refractivity contribution in [3.63, 3.8) is 0 Å². The minimum absolute atomic E-state index is 0.514. The van der Waals surface area contributed by atoms with E-state index < -0.39 is 0 Å². The van der Waals surface area contributed by atoms with Gasteiger partial charge in [0.15, 0.2) is 0 Å². The maximum absolute atomic E-state index is 5.66. The second-order valence-corrected chi connectivity index (χ2v) is 4.28. The molecule has 0 aliphatic carbocycles. The smallest absolute Gasteiger partial charge is 0.233 e. The molecule has 0 spiro atoms. The third kappa shape index (κ3) is 3.00. The van der Waals surface area contributed by atoms with Gasteiger partial charge in [-0.3, -0.25) is 0 Å². The van der Waals surface area contributed by atoms with Gasteiger partial charge in [-0.15, -0.1) is 0 Å². The van der Waals surface area contributed by atoms with E-state index in [4.69, 9.17) is 10.5 Å². The minimum atomic E-state index is 0.514. The Bertz CT molecular complexity index is 571. The normalized spacial score (nSPS) is 10.3. The predicted molar refractivity (Wildman–Crippen MR) is 75.7 cm³/mol. The maximum Gasteiger partial charge on any atom is 0.233 e. The largest absolute Gasteiger partial charge is 0.481 e. The van der Waals surface area contributed by atoms with Crippen molar-refractivity contribution in [2.45, 2.75) is 13.5 Å². The van der Waals surface area contributed by atoms with Gasteiger partial charge in [-0.2, -0.15) is 4.98 Å². The average molecular weight is 258 g/mol. The Labute approximate surface area is 113 Å². The van der Waals surface area contributed by atoms with Gasteiger partial charge in [-0.05, 0) is 24.6 Å². The number of hydrogen-bond acceptors (Lipinski definition) is 5. The Morgan fingerprint density at radius 2 is 2.05 bits per heavy atom. The number of hydrogen-bond donors (Lipinski definition) is 1. The van der Waals surface area contributed by atoms with Crippen LogP contribution in [-0.4, -0.2) is 24.1 Å². The molecule has 0 radical (unpaired) electrons. The first-order valence-electron chi connectivity index (χ1n) is 6.06. The first-order valence-corrected chi connectivity index (χ1v) is 6.06. The van der Waals surface area contributed by atoms with E-state index in [1.54, 1.807) is 13.2 Å². The highest BCUT2D eigenvalue weighted by molar-refractivity contribution is 5.57. The lowest BCUT2D eigenvalue weighted by atomic mass is 10.2. The summed E-state index contributed by atoms with van der Waals surface area (Å²) in [4.78, 5) is 10.7. The van der Waals surface area contributed by atoms with Gasteiger partial charge in [0.25, 0.3) is 0 Å². The highest BCUT2D eigenvalue weighted by Crippen LogP contribution is 2.23. The Morgan fingerprint density at radius 1 is 1.26 bits per heavy atom. The number of aromatic nitrogens is 2. The minimum Gasteiger partial charge on any atom is -0.481 e. The van der Waals surface area contributed by atoms with Crippen molar-refractivity contribution in [1.29, 1.82) is 0 Å². The van der Waals surface area contributed by atoms with Crippen molar-refractivity contribution < 1.29 is 4.74 Å². The molecule has 0 bridgehead atoms. The van der Waals surface area contributed by atoms with Crippen LogP contribution in [0.4, 0.5) is 11.6 Å². The summed E-state index contributed by atoms with van der Waals surface area (Å²) in [5.41, 5.74) is 8.59. The number of rotatable bonds is 4. The SMILES string of the molecule is COc1cc(C)nc(N(C)c2cccc(CN)c2)n1. The van der Waals surface area contributed by atoms with Crippen LogP contribution in [0.5, 0.6) is 5.88 Å². The molecule has 2 aromatic rings. The van der Waals surface area contributed by atoms with Crippen LogP contribution in [0, 0.1) is 6.92 Å². The zero-order valence-electron chi connectivity index (χ0n) is 11.4. The molecule has 0 unspecified atom stereocenters. The number of methoxy groups -OCH3 is 1. The molecule has 0 aliphatic heterocycles. The molecule has 19 heavy (non-hydrogen) atoms. The molecule has 0 saturated carbocycles. The maximum atomic E-state index is 5.66. The highest BCUT2D eigenvalue weighted by atomic mass is 16.5. The van der Waals surface area contributed by atoms with Crippen LogP contribution >= 0.6 is 0 Å². The topological polar surface area (TPSA) is 64.3 Å². The summed E-state index contributed by atoms with van der Waals surface area (Å²) in [6, 6.07) is 9.79. The van der Waals surface area contributed by atoms with E-state index in [0.29, 0.717) is 18.4 Å². The molecule has 5 nitrogen and oxygen atoms in total. The summed E-state index contributed by atoms with van der Waals surface area (Å²) >= 11 is 0. The van der Waals surface area contributed by atoms with Gasteiger partial charge in [0.05, 0.1) is 7.11 Å². The summed E-state index contributed by atoms with van der Waals surface area (Å²) < 4.78 is 5.17. The fourth-order valence-electron chi connectivity index (χ4n) is 1.79. The molecule has 0 atom stereocenters. The van der Waals surface area contributed by atoms with Gasteiger partial charge in [0.1, 0.15) is 0 Å². The molecule has 0 amide bonds. The van der Waals surface area contributed by atoms with Gasteiger partial charge >= 0.3 is 0 Å². The van der Waals surface area contributed by atoms with Gasteiger partial charge in [0, 0.05) is 31.0 Å². The quantitative estimate of drug-likeness (QED) is 0.909. The van der Waals surface area contributed by atoms with E-state index in [9.17, 15) is 0 Å². The molecule has 2 rings (SSSR count). The number of benzene rings is 1. The summed E-state index contributed by atoms with van der Waals surface area (Å²) in [5, 5.41) is 0. The second-order valence-electron chi connectivity index (χ2n) is 4.28. The van der Waals surface area contributed by atoms with Crippen molar-refractivity contribution in [2.24, 2.45) is 5.73 Å². The molecular formula is C14H18N4O. The summed E-state index contributed by atoms with van der Waals surface area (Å²) in [5.74, 6) is 1.16. The summed E-state index contributed by atoms with van der Waals surface area (Å²) in [6.07, 6.45) is 0. The Hall–Kier alpha value is -2.14. The highest BCUT2D eigenvalue weighted by Gasteiger charge is 2.10. The van der Waals surface area contributed by atoms with Crippen LogP contribution in [0.1, 0.15) is 11.3 Å². The van der Waals surface area contributed by atoms with Crippen LogP contribution in [0.2, 0.25) is 0 Å². The van der Waals surface area contributed by atoms with Crippen LogP contribution in [-0.2, 0) is 6.54 Å². The van der Waals surface area contributed by atoms with Crippen molar-refractivity contribution in [2.75, 3.05) is 19.1 Å². The summed E-state index contributed by atoms with van der Waals surface area (Å²) in [7, 11) is 3.52. The number of aryl methyl sites for hydroxylation is 1. The molecule has 100 valence electrons. The standard InChI is InChI=1S/C14H18N4O/c1-10-7-13(19-3)17-14(16-10)18(2)12-6-4-5-11(8-12)9-15/h4-8H,9,15H2,1-3H3. The van der Waals surface area contributed by atoms with E-state index in [2.05, 4.69) is 9.97 Å². The van der Waals surface area contributed by atoms with Crippen molar-refractivity contribution >= 4 is 11.6 Å². The van der Waals surface area contributed by atoms with Gasteiger partial charge in [-0.1, -0.05) is 12.1 Å². The zero-order chi connectivity index (χ0) is 13.8. The molecule has 0 fully saturated rings. The number of nitrogens with zero attached hydrogens (tertiary/aromatic N) is 3. The molecular weight excluding hydrogens is 240 g/mol. The van der Waals surface area contributed by atoms with Crippen molar-refractivity contribution in [3.05, 3.63) is 41.6 Å². The molecule has 1 heterocycles. The molecule has 0 aliphatic rings. The number of ether oxygens (including phenoxy) is 1. The third-order valence-corrected chi connectivity index (χ3v) is 2.86.